The van der Waals surface area contributed by atoms with Crippen molar-refractivity contribution in [3.63, 3.8) is 0 Å². The van der Waals surface area contributed by atoms with Gasteiger partial charge in [0.05, 0.1) is 12.0 Å². The first-order valence-electron chi connectivity index (χ1n) is 11.2. The van der Waals surface area contributed by atoms with Crippen LogP contribution >= 0.6 is 0 Å². The van der Waals surface area contributed by atoms with Gasteiger partial charge in [-0.3, -0.25) is 19.4 Å². The standard InChI is InChI=1S/C23H34N6O3/c1-24-22(27-16-23(10-4-5-11-23)21(32)28(2)3)26-14-17-6-8-18(9-7-17)20(31)29-13-12-25-19(30)15-29/h6-9H,4-5,10-16H2,1-3H3,(H,25,30)(H2,24,26,27). The summed E-state index contributed by atoms with van der Waals surface area (Å²) in [6, 6.07) is 7.35. The molecule has 3 amide bonds. The van der Waals surface area contributed by atoms with Crippen LogP contribution < -0.4 is 16.0 Å². The monoisotopic (exact) mass is 442 g/mol. The average Bonchev–Trinajstić information content (AvgIpc) is 3.28. The third-order valence-electron chi connectivity index (χ3n) is 6.22. The lowest BCUT2D eigenvalue weighted by Crippen LogP contribution is -2.50. The third kappa shape index (κ3) is 5.57. The number of nitrogens with zero attached hydrogens (tertiary/aromatic N) is 3. The molecule has 0 radical (unpaired) electrons. The van der Waals surface area contributed by atoms with Crippen LogP contribution in [0.25, 0.3) is 0 Å². The minimum absolute atomic E-state index is 0.0992. The maximum Gasteiger partial charge on any atom is 0.254 e. The maximum absolute atomic E-state index is 12.7. The minimum atomic E-state index is -0.367. The number of guanidine groups is 1. The second kappa shape index (κ2) is 10.5. The minimum Gasteiger partial charge on any atom is -0.355 e. The normalized spacial score (nSPS) is 18.2. The van der Waals surface area contributed by atoms with Crippen molar-refractivity contribution in [2.45, 2.75) is 32.2 Å². The summed E-state index contributed by atoms with van der Waals surface area (Å²) in [6.07, 6.45) is 3.92. The number of amides is 3. The van der Waals surface area contributed by atoms with Crippen molar-refractivity contribution in [1.29, 1.82) is 0 Å². The number of nitrogens with one attached hydrogen (secondary N) is 3. The number of carbonyl (C=O) groups is 3. The fourth-order valence-electron chi connectivity index (χ4n) is 4.41. The summed E-state index contributed by atoms with van der Waals surface area (Å²) in [5, 5.41) is 9.33. The Hall–Kier alpha value is -3.10. The van der Waals surface area contributed by atoms with Gasteiger partial charge in [-0.1, -0.05) is 25.0 Å². The Labute approximate surface area is 189 Å². The zero-order valence-corrected chi connectivity index (χ0v) is 19.2. The van der Waals surface area contributed by atoms with Crippen molar-refractivity contribution in [3.05, 3.63) is 35.4 Å². The molecule has 1 aliphatic heterocycles. The Morgan fingerprint density at radius 1 is 1.16 bits per heavy atom. The molecule has 0 spiro atoms. The molecule has 1 aromatic carbocycles. The van der Waals surface area contributed by atoms with Crippen molar-refractivity contribution in [1.82, 2.24) is 25.8 Å². The quantitative estimate of drug-likeness (QED) is 0.441. The Balaban J connectivity index is 1.53. The van der Waals surface area contributed by atoms with Crippen molar-refractivity contribution in [3.8, 4) is 0 Å². The average molecular weight is 443 g/mol. The van der Waals surface area contributed by atoms with E-state index >= 15 is 0 Å². The molecule has 9 nitrogen and oxygen atoms in total. The van der Waals surface area contributed by atoms with Crippen LogP contribution in [0, 0.1) is 5.41 Å². The van der Waals surface area contributed by atoms with Crippen LogP contribution in [0.5, 0.6) is 0 Å². The van der Waals surface area contributed by atoms with Crippen molar-refractivity contribution in [2.24, 2.45) is 10.4 Å². The Kier molecular flexibility index (Phi) is 7.71. The van der Waals surface area contributed by atoms with Gasteiger partial charge in [-0.05, 0) is 30.5 Å². The van der Waals surface area contributed by atoms with E-state index in [4.69, 9.17) is 0 Å². The molecule has 174 valence electrons. The molecule has 2 aliphatic rings. The molecular weight excluding hydrogens is 408 g/mol. The summed E-state index contributed by atoms with van der Waals surface area (Å²) >= 11 is 0. The highest BCUT2D eigenvalue weighted by Crippen LogP contribution is 2.38. The Morgan fingerprint density at radius 2 is 1.84 bits per heavy atom. The Bertz CT molecular complexity index is 859. The highest BCUT2D eigenvalue weighted by molar-refractivity contribution is 5.97. The fraction of sp³-hybridized carbons (Fsp3) is 0.565. The molecule has 32 heavy (non-hydrogen) atoms. The van der Waals surface area contributed by atoms with E-state index in [2.05, 4.69) is 20.9 Å². The van der Waals surface area contributed by atoms with Crippen molar-refractivity contribution < 1.29 is 14.4 Å². The van der Waals surface area contributed by atoms with Gasteiger partial charge in [0.15, 0.2) is 5.96 Å². The van der Waals surface area contributed by atoms with Gasteiger partial charge < -0.3 is 25.8 Å². The van der Waals surface area contributed by atoms with Gasteiger partial charge in [0.1, 0.15) is 0 Å². The summed E-state index contributed by atoms with van der Waals surface area (Å²) < 4.78 is 0. The molecule has 1 saturated heterocycles. The second-order valence-corrected chi connectivity index (χ2v) is 8.74. The van der Waals surface area contributed by atoms with Crippen LogP contribution in [-0.2, 0) is 16.1 Å². The molecule has 3 rings (SSSR count). The van der Waals surface area contributed by atoms with Gasteiger partial charge >= 0.3 is 0 Å². The summed E-state index contributed by atoms with van der Waals surface area (Å²) in [4.78, 5) is 44.4. The summed E-state index contributed by atoms with van der Waals surface area (Å²) in [6.45, 7) is 2.20. The first-order chi connectivity index (χ1) is 15.3. The topological polar surface area (TPSA) is 106 Å². The van der Waals surface area contributed by atoms with E-state index in [0.717, 1.165) is 31.2 Å². The van der Waals surface area contributed by atoms with Crippen LogP contribution in [-0.4, -0.2) is 80.8 Å². The number of rotatable bonds is 6. The van der Waals surface area contributed by atoms with Crippen LogP contribution in [0.1, 0.15) is 41.6 Å². The highest BCUT2D eigenvalue weighted by Gasteiger charge is 2.42. The van der Waals surface area contributed by atoms with Gasteiger partial charge in [0, 0.05) is 52.9 Å². The smallest absolute Gasteiger partial charge is 0.254 e. The molecule has 0 bridgehead atoms. The van der Waals surface area contributed by atoms with Crippen LogP contribution in [0.15, 0.2) is 29.3 Å². The zero-order valence-electron chi connectivity index (χ0n) is 19.2. The van der Waals surface area contributed by atoms with Crippen molar-refractivity contribution >= 4 is 23.7 Å². The lowest BCUT2D eigenvalue weighted by atomic mass is 9.84. The van der Waals surface area contributed by atoms with Gasteiger partial charge in [0.25, 0.3) is 5.91 Å². The molecule has 0 aromatic heterocycles. The summed E-state index contributed by atoms with van der Waals surface area (Å²) in [7, 11) is 5.33. The van der Waals surface area contributed by atoms with E-state index in [9.17, 15) is 14.4 Å². The molecule has 2 fully saturated rings. The van der Waals surface area contributed by atoms with E-state index < -0.39 is 0 Å². The second-order valence-electron chi connectivity index (χ2n) is 8.74. The number of piperazine rings is 1. The van der Waals surface area contributed by atoms with Gasteiger partial charge in [0.2, 0.25) is 11.8 Å². The third-order valence-corrected chi connectivity index (χ3v) is 6.22. The van der Waals surface area contributed by atoms with Crippen LogP contribution in [0.2, 0.25) is 0 Å². The first kappa shape index (κ1) is 23.6. The molecule has 1 heterocycles. The van der Waals surface area contributed by atoms with Gasteiger partial charge in [-0.15, -0.1) is 0 Å². The summed E-state index contributed by atoms with van der Waals surface area (Å²) in [5.41, 5.74) is 1.20. The lowest BCUT2D eigenvalue weighted by molar-refractivity contribution is -0.138. The molecule has 1 aliphatic carbocycles. The lowest BCUT2D eigenvalue weighted by Gasteiger charge is -2.31. The van der Waals surface area contributed by atoms with E-state index in [1.165, 1.54) is 0 Å². The van der Waals surface area contributed by atoms with E-state index in [1.54, 1.807) is 29.0 Å². The van der Waals surface area contributed by atoms with Crippen LogP contribution in [0.4, 0.5) is 0 Å². The van der Waals surface area contributed by atoms with E-state index in [-0.39, 0.29) is 29.7 Å². The molecule has 1 saturated carbocycles. The summed E-state index contributed by atoms with van der Waals surface area (Å²) in [5.74, 6) is 0.548. The number of hydrogen-bond acceptors (Lipinski definition) is 4. The fourth-order valence-corrected chi connectivity index (χ4v) is 4.41. The first-order valence-corrected chi connectivity index (χ1v) is 11.2. The van der Waals surface area contributed by atoms with Gasteiger partial charge in [-0.25, -0.2) is 0 Å². The largest absolute Gasteiger partial charge is 0.355 e. The van der Waals surface area contributed by atoms with E-state index in [1.807, 2.05) is 26.2 Å². The predicted octanol–water partition coefficient (Wildman–Crippen LogP) is 0.572. The molecule has 1 aromatic rings. The molecular formula is C23H34N6O3. The van der Waals surface area contributed by atoms with Gasteiger partial charge in [-0.2, -0.15) is 0 Å². The molecule has 0 atom stereocenters. The number of hydrogen-bond donors (Lipinski definition) is 3. The molecule has 9 heteroatoms. The SMILES string of the molecule is CN=C(NCc1ccc(C(=O)N2CCNC(=O)C2)cc1)NCC1(C(=O)N(C)C)CCCC1. The highest BCUT2D eigenvalue weighted by atomic mass is 16.2. The molecule has 3 N–H and O–H groups in total. The molecule has 0 unspecified atom stereocenters. The van der Waals surface area contributed by atoms with Crippen molar-refractivity contribution in [2.75, 3.05) is 47.3 Å². The van der Waals surface area contributed by atoms with E-state index in [0.29, 0.717) is 37.7 Å². The van der Waals surface area contributed by atoms with Crippen LogP contribution in [0.3, 0.4) is 0 Å². The predicted molar refractivity (Wildman–Crippen MR) is 123 cm³/mol. The zero-order chi connectivity index (χ0) is 23.1. The number of benzene rings is 1. The maximum atomic E-state index is 12.7. The Morgan fingerprint density at radius 3 is 2.44 bits per heavy atom. The number of carbonyl (C=O) groups excluding carboxylic acids is 3. The number of aliphatic imine (C=N–C) groups is 1.